The molecule has 3 N–H and O–H groups in total. The molecule has 28 heavy (non-hydrogen) atoms. The smallest absolute Gasteiger partial charge is 0.269 e. The first-order valence-electron chi connectivity index (χ1n) is 9.00. The Morgan fingerprint density at radius 3 is 2.64 bits per heavy atom. The van der Waals surface area contributed by atoms with Crippen molar-refractivity contribution in [3.8, 4) is 0 Å². The van der Waals surface area contributed by atoms with Crippen LogP contribution in [0.2, 0.25) is 0 Å². The fraction of sp³-hybridized carbons (Fsp3) is 0.368. The van der Waals surface area contributed by atoms with Gasteiger partial charge in [-0.2, -0.15) is 0 Å². The number of nitro groups is 1. The lowest BCUT2D eigenvalue weighted by Crippen LogP contribution is -2.29. The van der Waals surface area contributed by atoms with Crippen molar-refractivity contribution in [3.63, 3.8) is 0 Å². The summed E-state index contributed by atoms with van der Waals surface area (Å²) in [4.78, 5) is 13.2. The van der Waals surface area contributed by atoms with Crippen LogP contribution in [0.4, 0.5) is 11.4 Å². The first-order chi connectivity index (χ1) is 12.6. The number of hydrogen-bond acceptors (Lipinski definition) is 6. The fourth-order valence-electron chi connectivity index (χ4n) is 3.20. The molecule has 0 unspecified atom stereocenters. The molecule has 0 fully saturated rings. The van der Waals surface area contributed by atoms with Crippen molar-refractivity contribution in [1.29, 1.82) is 0 Å². The fourth-order valence-corrected chi connectivity index (χ4v) is 3.20. The van der Waals surface area contributed by atoms with Crippen LogP contribution in [0, 0.1) is 10.1 Å². The van der Waals surface area contributed by atoms with E-state index in [1.807, 2.05) is 18.2 Å². The molecule has 1 aliphatic carbocycles. The van der Waals surface area contributed by atoms with Crippen molar-refractivity contribution < 1.29 is 4.92 Å². The average molecular weight is 428 g/mol. The number of hydrogen-bond donors (Lipinski definition) is 3. The van der Waals surface area contributed by atoms with E-state index in [1.165, 1.54) is 0 Å². The highest BCUT2D eigenvalue weighted by atomic mass is 35.5. The summed E-state index contributed by atoms with van der Waals surface area (Å²) in [5.41, 5.74) is 11.2. The summed E-state index contributed by atoms with van der Waals surface area (Å²) in [6.45, 7) is 8.28. The van der Waals surface area contributed by atoms with Crippen LogP contribution < -0.4 is 16.2 Å². The van der Waals surface area contributed by atoms with Crippen molar-refractivity contribution in [1.82, 2.24) is 10.3 Å². The molecule has 0 bridgehead atoms. The molecule has 1 heterocycles. The van der Waals surface area contributed by atoms with Crippen molar-refractivity contribution in [2.24, 2.45) is 0 Å². The largest absolute Gasteiger partial charge is 0.384 e. The van der Waals surface area contributed by atoms with Gasteiger partial charge in [-0.25, -0.2) is 0 Å². The van der Waals surface area contributed by atoms with Crippen molar-refractivity contribution in [2.75, 3.05) is 36.9 Å². The van der Waals surface area contributed by atoms with Crippen molar-refractivity contribution in [2.45, 2.75) is 20.3 Å². The van der Waals surface area contributed by atoms with Gasteiger partial charge in [0.2, 0.25) is 0 Å². The number of hydrazine groups is 1. The Bertz CT molecular complexity index is 789. The van der Waals surface area contributed by atoms with E-state index in [-0.39, 0.29) is 35.4 Å². The zero-order chi connectivity index (χ0) is 18.5. The van der Waals surface area contributed by atoms with E-state index in [0.717, 1.165) is 54.4 Å². The zero-order valence-corrected chi connectivity index (χ0v) is 17.7. The third kappa shape index (κ3) is 5.41. The summed E-state index contributed by atoms with van der Waals surface area (Å²) in [5, 5.41) is 14.6. The number of nitrogens with one attached hydrogen (secondary N) is 3. The molecule has 1 aromatic carbocycles. The van der Waals surface area contributed by atoms with Crippen LogP contribution >= 0.6 is 24.8 Å². The second kappa shape index (κ2) is 10.9. The van der Waals surface area contributed by atoms with Crippen LogP contribution in [0.15, 0.2) is 47.8 Å². The summed E-state index contributed by atoms with van der Waals surface area (Å²) < 4.78 is 0. The molecule has 3 rings (SSSR count). The quantitative estimate of drug-likeness (QED) is 0.449. The molecule has 154 valence electrons. The molecule has 1 aromatic rings. The second-order valence-electron chi connectivity index (χ2n) is 6.29. The molecule has 0 amide bonds. The number of benzene rings is 1. The summed E-state index contributed by atoms with van der Waals surface area (Å²) in [6.07, 6.45) is 5.63. The van der Waals surface area contributed by atoms with E-state index in [4.69, 9.17) is 0 Å². The van der Waals surface area contributed by atoms with Gasteiger partial charge in [0.1, 0.15) is 0 Å². The molecule has 0 spiro atoms. The highest BCUT2D eigenvalue weighted by molar-refractivity contribution is 5.88. The third-order valence-corrected chi connectivity index (χ3v) is 4.75. The van der Waals surface area contributed by atoms with E-state index in [9.17, 15) is 10.1 Å². The zero-order valence-electron chi connectivity index (χ0n) is 16.0. The van der Waals surface area contributed by atoms with Crippen molar-refractivity contribution in [3.05, 3.63) is 63.5 Å². The number of nitrogens with zero attached hydrogens (tertiary/aromatic N) is 2. The normalized spacial score (nSPS) is 14.3. The minimum absolute atomic E-state index is 0. The standard InChI is InChI=1S/C19H25N5O2.2ClH/c1-3-23(4-2)11-10-20-14-8-9-16-17-13-15(24(25)26)6-5-7-18(17)21-22-19(16)12-14;;/h5-6,8-9,12-13,20-22H,3-4,7,10-11H2,1-2H3;2*1H. The maximum Gasteiger partial charge on any atom is 0.269 e. The van der Waals surface area contributed by atoms with Gasteiger partial charge in [0.15, 0.2) is 0 Å². The Labute approximate surface area is 177 Å². The summed E-state index contributed by atoms with van der Waals surface area (Å²) >= 11 is 0. The molecular weight excluding hydrogens is 401 g/mol. The van der Waals surface area contributed by atoms with Crippen LogP contribution in [-0.4, -0.2) is 36.0 Å². The number of rotatable bonds is 7. The molecule has 0 saturated heterocycles. The van der Waals surface area contributed by atoms with E-state index in [1.54, 1.807) is 18.2 Å². The minimum Gasteiger partial charge on any atom is -0.384 e. The molecule has 0 radical (unpaired) electrons. The lowest BCUT2D eigenvalue weighted by atomic mass is 9.98. The van der Waals surface area contributed by atoms with Crippen LogP contribution in [0.25, 0.3) is 5.57 Å². The van der Waals surface area contributed by atoms with Gasteiger partial charge in [-0.05, 0) is 25.2 Å². The Kier molecular flexibility index (Phi) is 9.31. The van der Waals surface area contributed by atoms with Gasteiger partial charge in [-0.15, -0.1) is 24.8 Å². The first-order valence-corrected chi connectivity index (χ1v) is 9.00. The number of likely N-dealkylation sites (N-methyl/N-ethyl adjacent to an activating group) is 1. The Balaban J connectivity index is 0.00000196. The summed E-state index contributed by atoms with van der Waals surface area (Å²) in [7, 11) is 0. The highest BCUT2D eigenvalue weighted by Crippen LogP contribution is 2.35. The summed E-state index contributed by atoms with van der Waals surface area (Å²) in [5.74, 6) is 0. The number of fused-ring (bicyclic) bond motifs is 2. The molecular formula is C19H27Cl2N5O2. The van der Waals surface area contributed by atoms with E-state index in [2.05, 4.69) is 34.9 Å². The summed E-state index contributed by atoms with van der Waals surface area (Å²) in [6, 6.07) is 6.07. The molecule has 7 nitrogen and oxygen atoms in total. The van der Waals surface area contributed by atoms with Gasteiger partial charge >= 0.3 is 0 Å². The molecule has 0 atom stereocenters. The number of halogens is 2. The van der Waals surface area contributed by atoms with Gasteiger partial charge in [0.05, 0.1) is 10.6 Å². The third-order valence-electron chi connectivity index (χ3n) is 4.75. The lowest BCUT2D eigenvalue weighted by Gasteiger charge is -2.25. The Morgan fingerprint density at radius 1 is 1.21 bits per heavy atom. The molecule has 0 aromatic heterocycles. The van der Waals surface area contributed by atoms with Gasteiger partial charge in [0, 0.05) is 54.2 Å². The topological polar surface area (TPSA) is 82.5 Å². The van der Waals surface area contributed by atoms with E-state index < -0.39 is 0 Å². The average Bonchev–Trinajstić information content (AvgIpc) is 2.88. The van der Waals surface area contributed by atoms with E-state index >= 15 is 0 Å². The van der Waals surface area contributed by atoms with Gasteiger partial charge < -0.3 is 21.1 Å². The molecule has 2 aliphatic rings. The van der Waals surface area contributed by atoms with Gasteiger partial charge in [-0.3, -0.25) is 10.1 Å². The molecule has 0 saturated carbocycles. The van der Waals surface area contributed by atoms with E-state index in [0.29, 0.717) is 6.42 Å². The lowest BCUT2D eigenvalue weighted by molar-refractivity contribution is -0.418. The van der Waals surface area contributed by atoms with Crippen LogP contribution in [-0.2, 0) is 0 Å². The van der Waals surface area contributed by atoms with Gasteiger partial charge in [0.25, 0.3) is 5.70 Å². The van der Waals surface area contributed by atoms with Gasteiger partial charge in [-0.1, -0.05) is 26.0 Å². The Hall–Kier alpha value is -2.22. The van der Waals surface area contributed by atoms with Crippen molar-refractivity contribution >= 4 is 41.8 Å². The monoisotopic (exact) mass is 427 g/mol. The predicted octanol–water partition coefficient (Wildman–Crippen LogP) is 4.05. The van der Waals surface area contributed by atoms with Crippen LogP contribution in [0.3, 0.4) is 0 Å². The first kappa shape index (κ1) is 23.8. The SMILES string of the molecule is CCN(CC)CCNc1ccc2c(c1)NNC1=C2C=C([N+](=O)[O-])C=CC1.Cl.Cl. The molecule has 9 heteroatoms. The maximum atomic E-state index is 11.2. The highest BCUT2D eigenvalue weighted by Gasteiger charge is 2.21. The predicted molar refractivity (Wildman–Crippen MR) is 120 cm³/mol. The minimum atomic E-state index is -0.350. The number of anilines is 2. The van der Waals surface area contributed by atoms with Crippen LogP contribution in [0.1, 0.15) is 25.8 Å². The Morgan fingerprint density at radius 2 is 1.96 bits per heavy atom. The number of allylic oxidation sites excluding steroid dienone is 4. The second-order valence-corrected chi connectivity index (χ2v) is 6.29. The molecule has 1 aliphatic heterocycles. The maximum absolute atomic E-state index is 11.2. The van der Waals surface area contributed by atoms with Crippen LogP contribution in [0.5, 0.6) is 0 Å².